The van der Waals surface area contributed by atoms with Gasteiger partial charge in [-0.3, -0.25) is 4.99 Å². The number of hydrogen-bond acceptors (Lipinski definition) is 3. The second-order valence-corrected chi connectivity index (χ2v) is 4.10. The molecule has 1 aromatic carbocycles. The molecule has 1 aromatic rings. The van der Waals surface area contributed by atoms with Gasteiger partial charge in [-0.25, -0.2) is 0 Å². The molecule has 0 aliphatic rings. The number of methoxy groups -OCH3 is 1. The number of hydrogen-bond donors (Lipinski definition) is 3. The third-order valence-electron chi connectivity index (χ3n) is 2.40. The fourth-order valence-electron chi connectivity index (χ4n) is 1.41. The van der Waals surface area contributed by atoms with Gasteiger partial charge in [-0.15, -0.1) is 24.0 Å². The van der Waals surface area contributed by atoms with E-state index in [1.165, 1.54) is 5.56 Å². The van der Waals surface area contributed by atoms with Crippen LogP contribution < -0.4 is 15.8 Å². The zero-order chi connectivity index (χ0) is 13.4. The first-order valence-corrected chi connectivity index (χ1v) is 5.96. The lowest BCUT2D eigenvalue weighted by Crippen LogP contribution is -2.34. The maximum Gasteiger partial charge on any atom is 0.188 e. The van der Waals surface area contributed by atoms with Gasteiger partial charge in [0, 0.05) is 6.54 Å². The van der Waals surface area contributed by atoms with E-state index in [0.29, 0.717) is 19.0 Å². The lowest BCUT2D eigenvalue weighted by atomic mass is 10.1. The molecule has 0 aliphatic heterocycles. The van der Waals surface area contributed by atoms with Crippen LogP contribution in [0.15, 0.2) is 29.3 Å². The minimum atomic E-state index is -0.466. The summed E-state index contributed by atoms with van der Waals surface area (Å²) < 4.78 is 5.09. The molecule has 0 bridgehead atoms. The lowest BCUT2D eigenvalue weighted by molar-refractivity contribution is 0.204. The summed E-state index contributed by atoms with van der Waals surface area (Å²) in [4.78, 5) is 4.00. The van der Waals surface area contributed by atoms with Gasteiger partial charge in [0.05, 0.1) is 19.8 Å². The predicted octanol–water partition coefficient (Wildman–Crippen LogP) is 1.14. The fraction of sp³-hybridized carbons (Fsp3) is 0.462. The molecule has 0 amide bonds. The molecule has 0 saturated heterocycles. The Hall–Kier alpha value is -1.02. The van der Waals surface area contributed by atoms with E-state index in [2.05, 4.69) is 10.3 Å². The molecule has 108 valence electrons. The minimum Gasteiger partial charge on any atom is -0.497 e. The maximum absolute atomic E-state index is 9.05. The summed E-state index contributed by atoms with van der Waals surface area (Å²) >= 11 is 0. The smallest absolute Gasteiger partial charge is 0.188 e. The quantitative estimate of drug-likeness (QED) is 0.394. The van der Waals surface area contributed by atoms with E-state index in [0.717, 1.165) is 12.2 Å². The number of rotatable bonds is 6. The van der Waals surface area contributed by atoms with Crippen LogP contribution in [0.3, 0.4) is 0 Å². The molecule has 6 heteroatoms. The van der Waals surface area contributed by atoms with Gasteiger partial charge in [0.2, 0.25) is 0 Å². The number of halogens is 1. The molecular formula is C13H22IN3O2. The van der Waals surface area contributed by atoms with E-state index in [1.54, 1.807) is 14.0 Å². The van der Waals surface area contributed by atoms with Crippen LogP contribution in [0.5, 0.6) is 5.75 Å². The van der Waals surface area contributed by atoms with Gasteiger partial charge in [-0.05, 0) is 31.0 Å². The van der Waals surface area contributed by atoms with E-state index in [-0.39, 0.29) is 24.0 Å². The summed E-state index contributed by atoms with van der Waals surface area (Å²) in [5.41, 5.74) is 6.84. The topological polar surface area (TPSA) is 79.9 Å². The van der Waals surface area contributed by atoms with Crippen molar-refractivity contribution in [2.24, 2.45) is 10.7 Å². The summed E-state index contributed by atoms with van der Waals surface area (Å²) in [6.07, 6.45) is 0.390. The van der Waals surface area contributed by atoms with Gasteiger partial charge in [0.25, 0.3) is 0 Å². The van der Waals surface area contributed by atoms with Crippen LogP contribution in [0, 0.1) is 0 Å². The second kappa shape index (κ2) is 9.85. The molecule has 4 N–H and O–H groups in total. The van der Waals surface area contributed by atoms with Crippen LogP contribution >= 0.6 is 24.0 Å². The number of nitrogens with one attached hydrogen (secondary N) is 1. The first kappa shape index (κ1) is 18.0. The van der Waals surface area contributed by atoms with Gasteiger partial charge in [-0.1, -0.05) is 12.1 Å². The lowest BCUT2D eigenvalue weighted by Gasteiger charge is -2.07. The van der Waals surface area contributed by atoms with Crippen molar-refractivity contribution in [1.82, 2.24) is 5.32 Å². The summed E-state index contributed by atoms with van der Waals surface area (Å²) in [6.45, 7) is 2.71. The number of ether oxygens (including phenoxy) is 1. The molecule has 0 radical (unpaired) electrons. The first-order chi connectivity index (χ1) is 8.61. The molecule has 0 aromatic heterocycles. The van der Waals surface area contributed by atoms with E-state index in [4.69, 9.17) is 15.6 Å². The van der Waals surface area contributed by atoms with E-state index >= 15 is 0 Å². The largest absolute Gasteiger partial charge is 0.497 e. The van der Waals surface area contributed by atoms with Crippen molar-refractivity contribution in [1.29, 1.82) is 0 Å². The van der Waals surface area contributed by atoms with Gasteiger partial charge < -0.3 is 20.9 Å². The summed E-state index contributed by atoms with van der Waals surface area (Å²) in [5.74, 6) is 1.22. The Balaban J connectivity index is 0.00000324. The van der Waals surface area contributed by atoms with Gasteiger partial charge in [0.1, 0.15) is 5.75 Å². The van der Waals surface area contributed by atoms with Crippen LogP contribution in [-0.4, -0.2) is 37.4 Å². The highest BCUT2D eigenvalue weighted by atomic mass is 127. The number of aliphatic imine (C=N–C) groups is 1. The number of aliphatic hydroxyl groups excluding tert-OH is 1. The average Bonchev–Trinajstić information content (AvgIpc) is 2.37. The first-order valence-electron chi connectivity index (χ1n) is 5.96. The third kappa shape index (κ3) is 7.89. The Bertz CT molecular complexity index is 380. The molecule has 19 heavy (non-hydrogen) atoms. The van der Waals surface area contributed by atoms with Gasteiger partial charge in [0.15, 0.2) is 5.96 Å². The van der Waals surface area contributed by atoms with E-state index < -0.39 is 6.10 Å². The molecule has 0 heterocycles. The zero-order valence-corrected chi connectivity index (χ0v) is 13.6. The molecule has 0 saturated carbocycles. The van der Waals surface area contributed by atoms with Crippen molar-refractivity contribution < 1.29 is 9.84 Å². The Kier molecular flexibility index (Phi) is 9.32. The van der Waals surface area contributed by atoms with Crippen molar-refractivity contribution in [3.63, 3.8) is 0 Å². The summed E-state index contributed by atoms with van der Waals surface area (Å²) in [7, 11) is 1.65. The maximum atomic E-state index is 9.05. The molecule has 1 atom stereocenters. The highest BCUT2D eigenvalue weighted by Gasteiger charge is 1.97. The molecule has 0 spiro atoms. The Morgan fingerprint density at radius 2 is 2.05 bits per heavy atom. The highest BCUT2D eigenvalue weighted by molar-refractivity contribution is 14.0. The monoisotopic (exact) mass is 379 g/mol. The van der Waals surface area contributed by atoms with Crippen LogP contribution in [-0.2, 0) is 6.42 Å². The number of guanidine groups is 1. The van der Waals surface area contributed by atoms with Gasteiger partial charge in [-0.2, -0.15) is 0 Å². The molecule has 5 nitrogen and oxygen atoms in total. The summed E-state index contributed by atoms with van der Waals surface area (Å²) in [6, 6.07) is 7.90. The minimum absolute atomic E-state index is 0. The Morgan fingerprint density at radius 1 is 1.42 bits per heavy atom. The molecule has 0 aliphatic carbocycles. The fourth-order valence-corrected chi connectivity index (χ4v) is 1.41. The normalized spacial score (nSPS) is 12.5. The standard InChI is InChI=1S/C13H21N3O2.HI/c1-10(17)9-16-13(14)15-8-7-11-3-5-12(18-2)6-4-11;/h3-6,10,17H,7-9H2,1-2H3,(H3,14,15,16);1H. The zero-order valence-electron chi connectivity index (χ0n) is 11.3. The molecule has 1 rings (SSSR count). The van der Waals surface area contributed by atoms with Crippen LogP contribution in [0.1, 0.15) is 12.5 Å². The number of aliphatic hydroxyl groups is 1. The third-order valence-corrected chi connectivity index (χ3v) is 2.40. The SMILES string of the molecule is COc1ccc(CCNC(N)=NCC(C)O)cc1.I. The van der Waals surface area contributed by atoms with Crippen molar-refractivity contribution in [3.8, 4) is 5.75 Å². The molecule has 1 unspecified atom stereocenters. The van der Waals surface area contributed by atoms with Crippen LogP contribution in [0.25, 0.3) is 0 Å². The van der Waals surface area contributed by atoms with Crippen molar-refractivity contribution in [2.45, 2.75) is 19.4 Å². The molecular weight excluding hydrogens is 357 g/mol. The van der Waals surface area contributed by atoms with Crippen molar-refractivity contribution >= 4 is 29.9 Å². The highest BCUT2D eigenvalue weighted by Crippen LogP contribution is 2.11. The van der Waals surface area contributed by atoms with Crippen molar-refractivity contribution in [2.75, 3.05) is 20.2 Å². The second-order valence-electron chi connectivity index (χ2n) is 4.10. The number of nitrogens with two attached hydrogens (primary N) is 1. The average molecular weight is 379 g/mol. The number of nitrogens with zero attached hydrogens (tertiary/aromatic N) is 1. The van der Waals surface area contributed by atoms with Crippen molar-refractivity contribution in [3.05, 3.63) is 29.8 Å². The Labute approximate surface area is 131 Å². The van der Waals surface area contributed by atoms with Crippen LogP contribution in [0.2, 0.25) is 0 Å². The van der Waals surface area contributed by atoms with Crippen LogP contribution in [0.4, 0.5) is 0 Å². The molecule has 0 fully saturated rings. The number of benzene rings is 1. The summed E-state index contributed by atoms with van der Waals surface area (Å²) in [5, 5.41) is 12.1. The predicted molar refractivity (Wildman–Crippen MR) is 88.3 cm³/mol. The van der Waals surface area contributed by atoms with Gasteiger partial charge >= 0.3 is 0 Å². The van der Waals surface area contributed by atoms with E-state index in [1.807, 2.05) is 24.3 Å². The van der Waals surface area contributed by atoms with E-state index in [9.17, 15) is 0 Å². The Morgan fingerprint density at radius 3 is 2.58 bits per heavy atom.